The Labute approximate surface area is 289 Å². The van der Waals surface area contributed by atoms with Gasteiger partial charge in [0.1, 0.15) is 11.2 Å². The fourth-order valence-corrected chi connectivity index (χ4v) is 6.94. The molecule has 4 nitrogen and oxygen atoms in total. The Bertz CT molecular complexity index is 3120. The monoisotopic (exact) mass is 630 g/mol. The van der Waals surface area contributed by atoms with Crippen molar-refractivity contribution >= 4 is 54.3 Å². The molecule has 0 unspecified atom stereocenters. The zero-order chi connectivity index (χ0) is 36.7. The Morgan fingerprint density at radius 1 is 0.388 bits per heavy atom. The zero-order valence-corrected chi connectivity index (χ0v) is 26.0. The van der Waals surface area contributed by atoms with E-state index >= 15 is 0 Å². The van der Waals surface area contributed by atoms with Crippen molar-refractivity contribution in [2.75, 3.05) is 0 Å². The number of hydrogen-bond acceptors (Lipinski definition) is 4. The molecule has 8 aromatic carbocycles. The van der Waals surface area contributed by atoms with Gasteiger partial charge in [0.05, 0.1) is 6.85 Å². The minimum atomic E-state index is -0.478. The van der Waals surface area contributed by atoms with Crippen molar-refractivity contribution in [1.29, 1.82) is 0 Å². The van der Waals surface area contributed by atoms with Crippen molar-refractivity contribution in [3.8, 4) is 45.3 Å². The number of aromatic nitrogens is 3. The van der Waals surface area contributed by atoms with Gasteiger partial charge in [-0.2, -0.15) is 0 Å². The van der Waals surface area contributed by atoms with E-state index < -0.39 is 18.1 Å². The third kappa shape index (κ3) is 4.49. The summed E-state index contributed by atoms with van der Waals surface area (Å²) in [6.45, 7) is 0. The Morgan fingerprint density at radius 2 is 0.939 bits per heavy atom. The molecule has 0 saturated heterocycles. The van der Waals surface area contributed by atoms with E-state index in [1.165, 1.54) is 32.3 Å². The SMILES string of the molecule is [2H]c1c([2H])c([2H])c(-c2nc(-c3ccccc3)nc(-c3ccc4oc5c(-c6ccc7c8ccccc8c8ccccc8c7c6)cccc5c4c3)n2)c([2H])c1[2H]. The molecule has 228 valence electrons. The molecule has 10 rings (SSSR count). The first kappa shape index (κ1) is 22.8. The third-order valence-corrected chi connectivity index (χ3v) is 9.20. The number of hydrogen-bond donors (Lipinski definition) is 0. The molecule has 4 heteroatoms. The molecule has 0 aliphatic rings. The van der Waals surface area contributed by atoms with Gasteiger partial charge in [-0.3, -0.25) is 0 Å². The van der Waals surface area contributed by atoms with Crippen LogP contribution in [-0.4, -0.2) is 15.0 Å². The lowest BCUT2D eigenvalue weighted by Crippen LogP contribution is -2.00. The minimum absolute atomic E-state index is 0.00751. The van der Waals surface area contributed by atoms with Gasteiger partial charge in [0.2, 0.25) is 0 Å². The molecule has 2 aromatic heterocycles. The van der Waals surface area contributed by atoms with Crippen molar-refractivity contribution in [2.45, 2.75) is 0 Å². The summed E-state index contributed by atoms with van der Waals surface area (Å²) in [5.41, 5.74) is 4.74. The van der Waals surface area contributed by atoms with Crippen LogP contribution >= 0.6 is 0 Å². The average molecular weight is 631 g/mol. The van der Waals surface area contributed by atoms with Gasteiger partial charge in [-0.05, 0) is 62.1 Å². The molecule has 0 aliphatic carbocycles. The summed E-state index contributed by atoms with van der Waals surface area (Å²) >= 11 is 0. The lowest BCUT2D eigenvalue weighted by atomic mass is 9.92. The van der Waals surface area contributed by atoms with Crippen molar-refractivity contribution in [3.05, 3.63) is 164 Å². The molecule has 0 aliphatic heterocycles. The quantitative estimate of drug-likeness (QED) is 0.182. The minimum Gasteiger partial charge on any atom is -0.455 e. The van der Waals surface area contributed by atoms with Crippen LogP contribution in [0.5, 0.6) is 0 Å². The fourth-order valence-electron chi connectivity index (χ4n) is 6.94. The van der Waals surface area contributed by atoms with Gasteiger partial charge in [-0.15, -0.1) is 0 Å². The maximum absolute atomic E-state index is 8.63. The number of nitrogens with zero attached hydrogens (tertiary/aromatic N) is 3. The van der Waals surface area contributed by atoms with Gasteiger partial charge in [0.25, 0.3) is 0 Å². The Morgan fingerprint density at radius 3 is 1.65 bits per heavy atom. The first-order valence-corrected chi connectivity index (χ1v) is 16.0. The zero-order valence-electron chi connectivity index (χ0n) is 31.0. The maximum atomic E-state index is 8.63. The van der Waals surface area contributed by atoms with E-state index in [0.29, 0.717) is 28.4 Å². The number of furan rings is 1. The molecular formula is C45H27N3O. The average Bonchev–Trinajstić information content (AvgIpc) is 3.61. The second kappa shape index (κ2) is 11.0. The molecule has 0 amide bonds. The van der Waals surface area contributed by atoms with E-state index in [1.807, 2.05) is 60.7 Å². The summed E-state index contributed by atoms with van der Waals surface area (Å²) < 4.78 is 48.5. The van der Waals surface area contributed by atoms with Gasteiger partial charge in [-0.25, -0.2) is 15.0 Å². The third-order valence-electron chi connectivity index (χ3n) is 9.20. The molecule has 0 radical (unpaired) electrons. The van der Waals surface area contributed by atoms with E-state index in [1.54, 1.807) is 0 Å². The summed E-state index contributed by atoms with van der Waals surface area (Å²) in [5.74, 6) is 0.608. The van der Waals surface area contributed by atoms with E-state index in [4.69, 9.17) is 21.2 Å². The molecule has 0 fully saturated rings. The van der Waals surface area contributed by atoms with Crippen LogP contribution < -0.4 is 0 Å². The second-order valence-corrected chi connectivity index (χ2v) is 12.0. The first-order valence-electron chi connectivity index (χ1n) is 18.5. The van der Waals surface area contributed by atoms with Gasteiger partial charge < -0.3 is 4.42 Å². The topological polar surface area (TPSA) is 51.8 Å². The Kier molecular flexibility index (Phi) is 5.10. The Balaban J connectivity index is 1.15. The van der Waals surface area contributed by atoms with Crippen LogP contribution in [0, 0.1) is 0 Å². The molecular weight excluding hydrogens is 599 g/mol. The first-order chi connectivity index (χ1) is 26.4. The normalized spacial score (nSPS) is 13.1. The highest BCUT2D eigenvalue weighted by molar-refractivity contribution is 6.26. The van der Waals surface area contributed by atoms with E-state index in [9.17, 15) is 0 Å². The number of rotatable bonds is 4. The fraction of sp³-hybridized carbons (Fsp3) is 0. The van der Waals surface area contributed by atoms with Crippen LogP contribution in [0.1, 0.15) is 6.85 Å². The summed E-state index contributed by atoms with van der Waals surface area (Å²) in [5, 5.41) is 9.04. The van der Waals surface area contributed by atoms with Crippen molar-refractivity contribution in [3.63, 3.8) is 0 Å². The molecule has 0 bridgehead atoms. The highest BCUT2D eigenvalue weighted by Gasteiger charge is 2.17. The number of benzene rings is 8. The van der Waals surface area contributed by atoms with Crippen LogP contribution in [0.15, 0.2) is 168 Å². The second-order valence-electron chi connectivity index (χ2n) is 12.0. The Hall–Kier alpha value is -6.65. The molecule has 0 atom stereocenters. The van der Waals surface area contributed by atoms with Gasteiger partial charge in [0, 0.05) is 33.0 Å². The van der Waals surface area contributed by atoms with Crippen molar-refractivity contribution in [2.24, 2.45) is 0 Å². The van der Waals surface area contributed by atoms with E-state index in [0.717, 1.165) is 27.5 Å². The predicted molar refractivity (Wildman–Crippen MR) is 201 cm³/mol. The van der Waals surface area contributed by atoms with Crippen molar-refractivity contribution < 1.29 is 11.3 Å². The predicted octanol–water partition coefficient (Wildman–Crippen LogP) is 11.9. The molecule has 10 aromatic rings. The van der Waals surface area contributed by atoms with Crippen LogP contribution in [-0.2, 0) is 0 Å². The maximum Gasteiger partial charge on any atom is 0.164 e. The summed E-state index contributed by atoms with van der Waals surface area (Å²) in [6, 6.07) is 42.8. The van der Waals surface area contributed by atoms with Gasteiger partial charge in [-0.1, -0.05) is 139 Å². The van der Waals surface area contributed by atoms with Crippen molar-refractivity contribution in [1.82, 2.24) is 15.0 Å². The molecule has 0 N–H and O–H groups in total. The molecule has 0 saturated carbocycles. The summed E-state index contributed by atoms with van der Waals surface area (Å²) in [6.07, 6.45) is 0. The molecule has 0 spiro atoms. The van der Waals surface area contributed by atoms with Crippen LogP contribution in [0.25, 0.3) is 99.5 Å². The summed E-state index contributed by atoms with van der Waals surface area (Å²) in [7, 11) is 0. The van der Waals surface area contributed by atoms with Crippen LogP contribution in [0.2, 0.25) is 0 Å². The molecule has 2 heterocycles. The number of para-hydroxylation sites is 1. The largest absolute Gasteiger partial charge is 0.455 e. The van der Waals surface area contributed by atoms with E-state index in [-0.39, 0.29) is 23.5 Å². The highest BCUT2D eigenvalue weighted by Crippen LogP contribution is 2.41. The molecule has 49 heavy (non-hydrogen) atoms. The highest BCUT2D eigenvalue weighted by atomic mass is 16.3. The smallest absolute Gasteiger partial charge is 0.164 e. The summed E-state index contributed by atoms with van der Waals surface area (Å²) in [4.78, 5) is 14.2. The van der Waals surface area contributed by atoms with E-state index in [2.05, 4.69) is 77.8 Å². The van der Waals surface area contributed by atoms with Crippen LogP contribution in [0.3, 0.4) is 0 Å². The lowest BCUT2D eigenvalue weighted by Gasteiger charge is -2.12. The standard InChI is InChI=1S/C45H27N3O/c1-3-12-28(13-4-1)43-46-44(29-14-5-2-6-15-29)48-45(47-43)31-23-25-41-40(27-31)38-21-11-20-32(42(38)49-41)30-22-24-37-35-18-8-7-16-33(35)34-17-9-10-19-36(34)39(37)26-30/h1-27H/i1D,3D,4D,12D,13D. The van der Waals surface area contributed by atoms with Gasteiger partial charge in [0.15, 0.2) is 17.5 Å². The van der Waals surface area contributed by atoms with Crippen LogP contribution in [0.4, 0.5) is 0 Å². The number of fused-ring (bicyclic) bond motifs is 9. The lowest BCUT2D eigenvalue weighted by molar-refractivity contribution is 0.670. The van der Waals surface area contributed by atoms with Gasteiger partial charge >= 0.3 is 0 Å².